The van der Waals surface area contributed by atoms with Crippen LogP contribution in [0.1, 0.15) is 31.2 Å². The van der Waals surface area contributed by atoms with Crippen molar-refractivity contribution < 1.29 is 9.47 Å². The van der Waals surface area contributed by atoms with E-state index in [1.54, 1.807) is 14.2 Å². The van der Waals surface area contributed by atoms with Gasteiger partial charge in [-0.3, -0.25) is 0 Å². The Labute approximate surface area is 114 Å². The second-order valence-electron chi connectivity index (χ2n) is 5.06. The summed E-state index contributed by atoms with van der Waals surface area (Å²) in [6.07, 6.45) is 5.28. The van der Waals surface area contributed by atoms with Crippen LogP contribution in [0, 0.1) is 0 Å². The van der Waals surface area contributed by atoms with Gasteiger partial charge in [0.2, 0.25) is 0 Å². The van der Waals surface area contributed by atoms with Crippen LogP contribution >= 0.6 is 11.6 Å². The van der Waals surface area contributed by atoms with Crippen molar-refractivity contribution in [2.45, 2.75) is 43.1 Å². The van der Waals surface area contributed by atoms with Crippen molar-refractivity contribution in [2.75, 3.05) is 14.2 Å². The molecule has 2 nitrogen and oxygen atoms in total. The van der Waals surface area contributed by atoms with Crippen LogP contribution in [-0.2, 0) is 11.2 Å². The zero-order valence-electron chi connectivity index (χ0n) is 11.1. The minimum atomic E-state index is 0.0361. The fourth-order valence-electron chi connectivity index (χ4n) is 2.65. The quantitative estimate of drug-likeness (QED) is 0.731. The summed E-state index contributed by atoms with van der Waals surface area (Å²) in [5.74, 6) is 0.920. The number of alkyl halides is 1. The van der Waals surface area contributed by atoms with E-state index in [1.807, 2.05) is 18.2 Å². The van der Waals surface area contributed by atoms with Crippen LogP contribution in [0.15, 0.2) is 24.3 Å². The molecule has 2 rings (SSSR count). The molecule has 100 valence electrons. The zero-order chi connectivity index (χ0) is 13.0. The summed E-state index contributed by atoms with van der Waals surface area (Å²) in [5.41, 5.74) is 1.21. The van der Waals surface area contributed by atoms with Gasteiger partial charge < -0.3 is 9.47 Å². The van der Waals surface area contributed by atoms with E-state index in [0.29, 0.717) is 0 Å². The summed E-state index contributed by atoms with van der Waals surface area (Å²) >= 11 is 6.48. The first-order valence-electron chi connectivity index (χ1n) is 6.50. The molecule has 1 fully saturated rings. The van der Waals surface area contributed by atoms with Gasteiger partial charge in [0.05, 0.1) is 12.7 Å². The molecule has 3 heteroatoms. The summed E-state index contributed by atoms with van der Waals surface area (Å²) in [6, 6.07) is 8.06. The third-order valence-corrected chi connectivity index (χ3v) is 4.23. The maximum atomic E-state index is 6.48. The molecule has 1 aliphatic carbocycles. The van der Waals surface area contributed by atoms with Gasteiger partial charge in [-0.2, -0.15) is 0 Å². The van der Waals surface area contributed by atoms with Gasteiger partial charge in [0.1, 0.15) is 5.75 Å². The Morgan fingerprint density at radius 3 is 2.56 bits per heavy atom. The first kappa shape index (κ1) is 13.7. The van der Waals surface area contributed by atoms with E-state index < -0.39 is 0 Å². The van der Waals surface area contributed by atoms with E-state index in [-0.39, 0.29) is 11.0 Å². The molecule has 0 aromatic heterocycles. The predicted octanol–water partition coefficient (Wildman–Crippen LogP) is 3.80. The largest absolute Gasteiger partial charge is 0.496 e. The zero-order valence-corrected chi connectivity index (χ0v) is 11.9. The Morgan fingerprint density at radius 2 is 2.00 bits per heavy atom. The van der Waals surface area contributed by atoms with E-state index in [4.69, 9.17) is 21.1 Å². The highest BCUT2D eigenvalue weighted by atomic mass is 35.5. The van der Waals surface area contributed by atoms with Gasteiger partial charge in [0, 0.05) is 12.5 Å². The van der Waals surface area contributed by atoms with Gasteiger partial charge in [0.15, 0.2) is 0 Å². The molecule has 1 atom stereocenters. The van der Waals surface area contributed by atoms with Crippen molar-refractivity contribution in [1.29, 1.82) is 0 Å². The predicted molar refractivity (Wildman–Crippen MR) is 74.5 cm³/mol. The lowest BCUT2D eigenvalue weighted by molar-refractivity contribution is -0.0777. The van der Waals surface area contributed by atoms with E-state index in [1.165, 1.54) is 12.0 Å². The summed E-state index contributed by atoms with van der Waals surface area (Å²) in [4.78, 5) is 0. The van der Waals surface area contributed by atoms with E-state index in [0.717, 1.165) is 31.4 Å². The summed E-state index contributed by atoms with van der Waals surface area (Å²) in [7, 11) is 3.50. The van der Waals surface area contributed by atoms with E-state index in [9.17, 15) is 0 Å². The fourth-order valence-corrected chi connectivity index (χ4v) is 3.10. The van der Waals surface area contributed by atoms with Gasteiger partial charge >= 0.3 is 0 Å². The number of ether oxygens (including phenoxy) is 2. The molecular weight excluding hydrogens is 248 g/mol. The van der Waals surface area contributed by atoms with Crippen molar-refractivity contribution in [3.8, 4) is 5.75 Å². The molecule has 1 aromatic rings. The molecule has 0 heterocycles. The highest BCUT2D eigenvalue weighted by molar-refractivity contribution is 6.20. The highest BCUT2D eigenvalue weighted by Gasteiger charge is 2.38. The summed E-state index contributed by atoms with van der Waals surface area (Å²) in [5, 5.41) is 0.0987. The molecule has 1 unspecified atom stereocenters. The fraction of sp³-hybridized carbons (Fsp3) is 0.600. The first-order chi connectivity index (χ1) is 8.69. The standard InChI is InChI=1S/C15H21ClO2/c1-17-14-7-4-3-6-12(14)10-13(16)11-15(18-2)8-5-9-15/h3-4,6-7,13H,5,8-11H2,1-2H3. The molecule has 0 spiro atoms. The van der Waals surface area contributed by atoms with Crippen molar-refractivity contribution >= 4 is 11.6 Å². The maximum Gasteiger partial charge on any atom is 0.122 e. The molecular formula is C15H21ClO2. The van der Waals surface area contributed by atoms with E-state index in [2.05, 4.69) is 6.07 Å². The highest BCUT2D eigenvalue weighted by Crippen LogP contribution is 2.40. The molecule has 1 saturated carbocycles. The summed E-state index contributed by atoms with van der Waals surface area (Å²) in [6.45, 7) is 0. The monoisotopic (exact) mass is 268 g/mol. The lowest BCUT2D eigenvalue weighted by Gasteiger charge is -2.41. The molecule has 1 aliphatic rings. The smallest absolute Gasteiger partial charge is 0.122 e. The van der Waals surface area contributed by atoms with Crippen LogP contribution in [0.2, 0.25) is 0 Å². The van der Waals surface area contributed by atoms with E-state index >= 15 is 0 Å². The van der Waals surface area contributed by atoms with Gasteiger partial charge in [0.25, 0.3) is 0 Å². The second kappa shape index (κ2) is 5.94. The molecule has 0 bridgehead atoms. The maximum absolute atomic E-state index is 6.48. The van der Waals surface area contributed by atoms with Crippen molar-refractivity contribution in [2.24, 2.45) is 0 Å². The molecule has 0 amide bonds. The third kappa shape index (κ3) is 2.99. The van der Waals surface area contributed by atoms with Crippen molar-refractivity contribution in [3.05, 3.63) is 29.8 Å². The van der Waals surface area contributed by atoms with Crippen LogP contribution in [0.3, 0.4) is 0 Å². The number of benzene rings is 1. The van der Waals surface area contributed by atoms with Crippen LogP contribution in [0.25, 0.3) is 0 Å². The average Bonchev–Trinajstić information content (AvgIpc) is 2.34. The molecule has 1 aromatic carbocycles. The van der Waals surface area contributed by atoms with Gasteiger partial charge in [-0.1, -0.05) is 18.2 Å². The number of para-hydroxylation sites is 1. The number of hydrogen-bond acceptors (Lipinski definition) is 2. The Hall–Kier alpha value is -0.730. The summed E-state index contributed by atoms with van der Waals surface area (Å²) < 4.78 is 11.0. The van der Waals surface area contributed by atoms with Crippen LogP contribution in [-0.4, -0.2) is 25.2 Å². The van der Waals surface area contributed by atoms with Crippen LogP contribution < -0.4 is 4.74 Å². The topological polar surface area (TPSA) is 18.5 Å². The SMILES string of the molecule is COc1ccccc1CC(Cl)CC1(OC)CCC1. The van der Waals surface area contributed by atoms with Gasteiger partial charge in [-0.15, -0.1) is 11.6 Å². The molecule has 0 radical (unpaired) electrons. The molecule has 0 saturated heterocycles. The Kier molecular flexibility index (Phi) is 4.52. The van der Waals surface area contributed by atoms with Crippen LogP contribution in [0.5, 0.6) is 5.75 Å². The third-order valence-electron chi connectivity index (χ3n) is 3.93. The Balaban J connectivity index is 1.96. The lowest BCUT2D eigenvalue weighted by atomic mass is 9.76. The lowest BCUT2D eigenvalue weighted by Crippen LogP contribution is -2.41. The molecule has 0 aliphatic heterocycles. The normalized spacial score (nSPS) is 19.1. The molecule has 0 N–H and O–H groups in total. The number of halogens is 1. The van der Waals surface area contributed by atoms with Gasteiger partial charge in [-0.05, 0) is 43.7 Å². The average molecular weight is 269 g/mol. The minimum Gasteiger partial charge on any atom is -0.496 e. The Bertz CT molecular complexity index is 382. The number of rotatable bonds is 6. The molecule has 18 heavy (non-hydrogen) atoms. The number of hydrogen-bond donors (Lipinski definition) is 0. The Morgan fingerprint density at radius 1 is 1.28 bits per heavy atom. The second-order valence-corrected chi connectivity index (χ2v) is 5.68. The first-order valence-corrected chi connectivity index (χ1v) is 6.94. The number of methoxy groups -OCH3 is 2. The van der Waals surface area contributed by atoms with Crippen LogP contribution in [0.4, 0.5) is 0 Å². The van der Waals surface area contributed by atoms with Crippen molar-refractivity contribution in [1.82, 2.24) is 0 Å². The van der Waals surface area contributed by atoms with Crippen molar-refractivity contribution in [3.63, 3.8) is 0 Å². The minimum absolute atomic E-state index is 0.0361. The van der Waals surface area contributed by atoms with Gasteiger partial charge in [-0.25, -0.2) is 0 Å².